The molecule has 0 radical (unpaired) electrons. The van der Waals surface area contributed by atoms with Crippen molar-refractivity contribution in [2.24, 2.45) is 14.1 Å². The van der Waals surface area contributed by atoms with E-state index in [2.05, 4.69) is 98.8 Å². The molecule has 5 aliphatic heterocycles. The number of benzene rings is 7. The number of nitrogens with one attached hydrogen (secondary N) is 2. The van der Waals surface area contributed by atoms with E-state index in [1.807, 2.05) is 144 Å². The van der Waals surface area contributed by atoms with E-state index in [-0.39, 0.29) is 119 Å². The Morgan fingerprint density at radius 1 is 0.440 bits per heavy atom. The molecule has 4 aromatic heterocycles. The zero-order valence-electron chi connectivity index (χ0n) is 84.7. The number of amides is 6. The van der Waals surface area contributed by atoms with Crippen molar-refractivity contribution in [3.63, 3.8) is 0 Å². The summed E-state index contributed by atoms with van der Waals surface area (Å²) in [6, 6.07) is 40.4. The minimum Gasteiger partial charge on any atom is -0.492 e. The molecule has 141 heavy (non-hydrogen) atoms. The molecule has 9 heterocycles. The SMILES string of the molecule is COc1c(Br)cc(C(C)(C)C)cc1[N+](=O)[O-].COc1c(N)cc(C(C)(C)C)cc1N1CCCC1=O.COc1c(N)cc(C(C)(C)C)cc1N1CCCC1=O.COc1c(N2CCCC2=O)cc(C(C)(C)C)cc1[N+](=O)[O-].COc1c(NC(=O)c2cc3cccc(Oc4ccncc4)c3n2C)cc(C(C)(C)C)cc1N1CCCC1=O.Cn1c(C(=O)O)cc2cccc(Oc3ccncc3)c21.O=C1CCCN1.[CH3-].[Pd]. The number of nitrogen functional groups attached to an aromatic ring is 2. The molecule has 5 fully saturated rings. The maximum atomic E-state index is 13.7. The molecule has 11 aromatic rings. The first kappa shape index (κ1) is 113. The monoisotopic (exact) mass is 2090 g/mol. The second-order valence-electron chi connectivity index (χ2n) is 39.1. The van der Waals surface area contributed by atoms with E-state index in [0.717, 1.165) is 119 Å². The third-order valence-corrected chi connectivity index (χ3v) is 24.5. The first-order valence-electron chi connectivity index (χ1n) is 45.9. The molecule has 758 valence electrons. The van der Waals surface area contributed by atoms with Gasteiger partial charge in [-0.05, 0) is 200 Å². The van der Waals surface area contributed by atoms with E-state index in [0.29, 0.717) is 118 Å². The fourth-order valence-corrected chi connectivity index (χ4v) is 16.9. The number of carbonyl (C=O) groups excluding carboxylic acids is 6. The standard InChI is InChI=1S/C30H32N4O4.C15H20N2O4.C15H12N2O3.2C15H22N2O2.C11H14BrNO3.C4H7NO.CH3.Pd/c1-30(2,3)20-17-22(28(37-5)23(18-20)34-15-7-10-26(34)35)32-29(36)24-16-19-8-6-9-25(27(19)33(24)4)38-21-11-13-31-14-12-21;1-15(2,3)10-8-11(16-7-5-6-13(16)18)14(21-4)12(9-10)17(19)20;1-17-12(15(18)19)9-10-3-2-4-13(14(10)17)20-11-5-7-16-8-6-11;2*1-15(2,3)10-8-11(16)14(19-4)12(9-10)17-7-5-6-13(17)18;1-11(2,3)7-5-8(12)10(16-4)9(6-7)13(14)15;6-4-2-1-3-5-4;;/h6,8-9,11-14,16-18H,7,10,15H2,1-5H3,(H,32,36);8-9H,5-7H2,1-4H3;2-9H,1H3,(H,18,19);2*8-9H,5-7,16H2,1-4H3;5-6H,1-4H3;1-3H2,(H,5,6);1H3;/q;;;;;;;-1;. The van der Waals surface area contributed by atoms with Gasteiger partial charge in [0.1, 0.15) is 22.9 Å². The van der Waals surface area contributed by atoms with Gasteiger partial charge in [0, 0.05) is 147 Å². The Bertz CT molecular complexity index is 6270. The molecule has 0 atom stereocenters. The van der Waals surface area contributed by atoms with Crippen LogP contribution < -0.4 is 74.9 Å². The topological polar surface area (TPSA) is 415 Å². The van der Waals surface area contributed by atoms with E-state index >= 15 is 0 Å². The van der Waals surface area contributed by atoms with Crippen LogP contribution in [-0.2, 0) is 85.6 Å². The van der Waals surface area contributed by atoms with Crippen LogP contribution >= 0.6 is 15.9 Å². The maximum Gasteiger partial charge on any atom is 0.352 e. The molecule has 5 aliphatic rings. The number of nitro benzene ring substituents is 2. The van der Waals surface area contributed by atoms with Crippen LogP contribution in [0.2, 0.25) is 0 Å². The van der Waals surface area contributed by atoms with Crippen LogP contribution in [-0.4, -0.2) is 144 Å². The van der Waals surface area contributed by atoms with Crippen molar-refractivity contribution < 1.29 is 102 Å². The summed E-state index contributed by atoms with van der Waals surface area (Å²) < 4.78 is 42.8. The Hall–Kier alpha value is -13.6. The van der Waals surface area contributed by atoms with Crippen molar-refractivity contribution in [3.8, 4) is 51.7 Å². The molecule has 0 saturated carbocycles. The number of carbonyl (C=O) groups is 7. The predicted octanol–water partition coefficient (Wildman–Crippen LogP) is 21.6. The summed E-state index contributed by atoms with van der Waals surface area (Å²) in [6.07, 6.45) is 13.9. The summed E-state index contributed by atoms with van der Waals surface area (Å²) in [6.45, 7) is 34.6. The molecule has 35 heteroatoms. The first-order chi connectivity index (χ1) is 65.4. The van der Waals surface area contributed by atoms with Crippen molar-refractivity contribution in [2.75, 3.05) is 105 Å². The third-order valence-electron chi connectivity index (χ3n) is 23.9. The average molecular weight is 2090 g/mol. The first-order valence-corrected chi connectivity index (χ1v) is 46.7. The van der Waals surface area contributed by atoms with Gasteiger partial charge < -0.3 is 96.5 Å². The molecule has 5 saturated heterocycles. The minimum atomic E-state index is -0.960. The number of anilines is 7. The van der Waals surface area contributed by atoms with Crippen molar-refractivity contribution in [2.45, 2.75) is 195 Å². The van der Waals surface area contributed by atoms with Crippen LogP contribution in [0.15, 0.2) is 163 Å². The van der Waals surface area contributed by atoms with Gasteiger partial charge in [0.25, 0.3) is 5.91 Å². The van der Waals surface area contributed by atoms with Crippen LogP contribution in [0.4, 0.5) is 51.2 Å². The van der Waals surface area contributed by atoms with Crippen molar-refractivity contribution in [1.82, 2.24) is 24.4 Å². The number of carboxylic acid groups (broad SMARTS) is 1. The molecule has 0 unspecified atom stereocenters. The van der Waals surface area contributed by atoms with Gasteiger partial charge in [-0.3, -0.25) is 59.0 Å². The summed E-state index contributed by atoms with van der Waals surface area (Å²) in [7, 11) is 11.1. The molecule has 6 amide bonds. The average Bonchev–Trinajstić information content (AvgIpc) is 1.46. The van der Waals surface area contributed by atoms with Crippen LogP contribution in [0.5, 0.6) is 51.7 Å². The zero-order chi connectivity index (χ0) is 102. The van der Waals surface area contributed by atoms with E-state index in [1.165, 1.54) is 20.3 Å². The van der Waals surface area contributed by atoms with Gasteiger partial charge in [-0.15, -0.1) is 0 Å². The number of methoxy groups -OCH3 is 5. The maximum absolute atomic E-state index is 13.7. The molecular formula is C106H132BrN14O19Pd-. The van der Waals surface area contributed by atoms with Gasteiger partial charge in [0.15, 0.2) is 28.7 Å². The predicted molar refractivity (Wildman–Crippen MR) is 553 cm³/mol. The van der Waals surface area contributed by atoms with Gasteiger partial charge in [-0.25, -0.2) is 4.79 Å². The molecule has 7 N–H and O–H groups in total. The Morgan fingerprint density at radius 2 is 0.766 bits per heavy atom. The number of ether oxygens (including phenoxy) is 7. The second kappa shape index (κ2) is 48.0. The second-order valence-corrected chi connectivity index (χ2v) is 39.9. The third kappa shape index (κ3) is 27.7. The molecular weight excluding hydrogens is 1960 g/mol. The Balaban J connectivity index is 0.000000209. The summed E-state index contributed by atoms with van der Waals surface area (Å²) in [4.78, 5) is 120. The Kier molecular flexibility index (Phi) is 38.4. The van der Waals surface area contributed by atoms with Crippen LogP contribution in [0.25, 0.3) is 21.8 Å². The number of para-hydroxylation sites is 2. The summed E-state index contributed by atoms with van der Waals surface area (Å²) >= 11 is 3.29. The zero-order valence-corrected chi connectivity index (χ0v) is 87.9. The number of hydrogen-bond acceptors (Lipinski definition) is 22. The number of aromatic carboxylic acids is 1. The molecule has 0 spiro atoms. The van der Waals surface area contributed by atoms with E-state index in [9.17, 15) is 58.9 Å². The number of halogens is 1. The normalized spacial score (nSPS) is 14.0. The number of nitrogens with zero attached hydrogens (tertiary/aromatic N) is 10. The number of nitrogens with two attached hydrogens (primary N) is 2. The van der Waals surface area contributed by atoms with Crippen molar-refractivity contribution in [1.29, 1.82) is 0 Å². The number of hydrogen-bond donors (Lipinski definition) is 5. The van der Waals surface area contributed by atoms with Crippen LogP contribution in [0, 0.1) is 27.7 Å². The molecule has 0 aliphatic carbocycles. The van der Waals surface area contributed by atoms with Crippen molar-refractivity contribution in [3.05, 3.63) is 230 Å². The summed E-state index contributed by atoms with van der Waals surface area (Å²) in [5.41, 5.74) is 23.1. The van der Waals surface area contributed by atoms with Gasteiger partial charge in [-0.2, -0.15) is 0 Å². The smallest absolute Gasteiger partial charge is 0.352 e. The quantitative estimate of drug-likeness (QED) is 0.0175. The van der Waals surface area contributed by atoms with Crippen molar-refractivity contribution >= 4 is 130 Å². The number of rotatable bonds is 18. The summed E-state index contributed by atoms with van der Waals surface area (Å²) in [5.74, 6) is 3.94. The van der Waals surface area contributed by atoms with Gasteiger partial charge in [-0.1, -0.05) is 128 Å². The molecule has 7 aromatic carbocycles. The van der Waals surface area contributed by atoms with Gasteiger partial charge >= 0.3 is 17.3 Å². The fourth-order valence-electron chi connectivity index (χ4n) is 16.2. The molecule has 0 bridgehead atoms. The van der Waals surface area contributed by atoms with Gasteiger partial charge in [0.2, 0.25) is 41.0 Å². The number of pyridine rings is 2. The van der Waals surface area contributed by atoms with Gasteiger partial charge in [0.05, 0.1) is 101 Å². The number of aryl methyl sites for hydroxylation is 2. The van der Waals surface area contributed by atoms with Crippen LogP contribution in [0.1, 0.15) is 217 Å². The Labute approximate surface area is 846 Å². The number of aromatic nitrogens is 4. The minimum absolute atomic E-state index is 0. The van der Waals surface area contributed by atoms with E-state index in [1.54, 1.807) is 114 Å². The van der Waals surface area contributed by atoms with Crippen LogP contribution in [0.3, 0.4) is 0 Å². The summed E-state index contributed by atoms with van der Waals surface area (Å²) in [5, 5.41) is 38.9. The molecule has 33 nitrogen and oxygen atoms in total. The largest absolute Gasteiger partial charge is 0.492 e. The number of nitro groups is 2. The number of carboxylic acids is 1. The Morgan fingerprint density at radius 3 is 1.08 bits per heavy atom. The number of fused-ring (bicyclic) bond motifs is 2. The fraction of sp³-hybridized carbons (Fsp3) is 0.396. The van der Waals surface area contributed by atoms with E-state index < -0.39 is 15.8 Å². The molecule has 16 rings (SSSR count). The van der Waals surface area contributed by atoms with E-state index in [4.69, 9.17) is 44.6 Å².